The van der Waals surface area contributed by atoms with Gasteiger partial charge in [0.1, 0.15) is 0 Å². The molecule has 3 rings (SSSR count). The number of sulfonamides is 1. The molecule has 2 aromatic rings. The minimum absolute atomic E-state index is 0.0605. The third-order valence-electron chi connectivity index (χ3n) is 4.76. The second kappa shape index (κ2) is 9.23. The molecule has 29 heavy (non-hydrogen) atoms. The number of thioether (sulfide) groups is 1. The van der Waals surface area contributed by atoms with E-state index in [1.54, 1.807) is 25.1 Å². The lowest BCUT2D eigenvalue weighted by Gasteiger charge is -2.26. The maximum absolute atomic E-state index is 12.9. The van der Waals surface area contributed by atoms with Gasteiger partial charge in [-0.25, -0.2) is 8.42 Å². The number of nitrogens with one attached hydrogen (secondary N) is 1. The van der Waals surface area contributed by atoms with E-state index < -0.39 is 21.7 Å². The van der Waals surface area contributed by atoms with Crippen molar-refractivity contribution >= 4 is 33.4 Å². The van der Waals surface area contributed by atoms with E-state index in [-0.39, 0.29) is 21.0 Å². The lowest BCUT2D eigenvalue weighted by molar-refractivity contribution is 0.102. The van der Waals surface area contributed by atoms with Gasteiger partial charge >= 0.3 is 0 Å². The minimum Gasteiger partial charge on any atom is -0.321 e. The van der Waals surface area contributed by atoms with E-state index in [0.717, 1.165) is 19.3 Å². The van der Waals surface area contributed by atoms with Gasteiger partial charge in [-0.1, -0.05) is 36.4 Å². The molecular formula is C20H22F2N2O3S2. The topological polar surface area (TPSA) is 66.5 Å². The molecule has 0 radical (unpaired) electrons. The van der Waals surface area contributed by atoms with Crippen molar-refractivity contribution in [1.29, 1.82) is 0 Å². The predicted molar refractivity (Wildman–Crippen MR) is 110 cm³/mol. The molecule has 1 fully saturated rings. The normalized spacial score (nSPS) is 15.4. The van der Waals surface area contributed by atoms with Crippen molar-refractivity contribution in [3.05, 3.63) is 53.6 Å². The second-order valence-electron chi connectivity index (χ2n) is 6.77. The van der Waals surface area contributed by atoms with Crippen LogP contribution in [0.2, 0.25) is 0 Å². The van der Waals surface area contributed by atoms with Crippen LogP contribution in [0, 0.1) is 6.92 Å². The van der Waals surface area contributed by atoms with Gasteiger partial charge in [0.05, 0.1) is 10.6 Å². The van der Waals surface area contributed by atoms with Gasteiger partial charge in [0.25, 0.3) is 11.7 Å². The number of anilines is 1. The van der Waals surface area contributed by atoms with Crippen molar-refractivity contribution < 1.29 is 22.0 Å². The number of amides is 1. The summed E-state index contributed by atoms with van der Waals surface area (Å²) in [6, 6.07) is 10.7. The number of benzene rings is 2. The Balaban J connectivity index is 1.88. The summed E-state index contributed by atoms with van der Waals surface area (Å²) < 4.78 is 52.8. The summed E-state index contributed by atoms with van der Waals surface area (Å²) in [4.78, 5) is 13.1. The van der Waals surface area contributed by atoms with Crippen LogP contribution in [-0.4, -0.2) is 37.5 Å². The third-order valence-corrected chi connectivity index (χ3v) is 7.44. The zero-order valence-electron chi connectivity index (χ0n) is 15.9. The molecule has 1 aliphatic heterocycles. The van der Waals surface area contributed by atoms with Gasteiger partial charge in [0, 0.05) is 23.5 Å². The lowest BCUT2D eigenvalue weighted by Crippen LogP contribution is -2.35. The Hall–Kier alpha value is -1.97. The Morgan fingerprint density at radius 3 is 2.48 bits per heavy atom. The second-order valence-corrected chi connectivity index (χ2v) is 9.74. The maximum atomic E-state index is 12.9. The van der Waals surface area contributed by atoms with Crippen LogP contribution in [0.3, 0.4) is 0 Å². The number of carbonyl (C=O) groups is 1. The van der Waals surface area contributed by atoms with Gasteiger partial charge < -0.3 is 5.32 Å². The molecule has 2 aromatic carbocycles. The molecule has 0 aliphatic carbocycles. The number of nitrogens with zero attached hydrogens (tertiary/aromatic N) is 1. The van der Waals surface area contributed by atoms with Crippen molar-refractivity contribution in [2.75, 3.05) is 18.4 Å². The van der Waals surface area contributed by atoms with E-state index in [2.05, 4.69) is 5.32 Å². The van der Waals surface area contributed by atoms with Crippen LogP contribution >= 0.6 is 11.8 Å². The molecule has 1 amide bonds. The van der Waals surface area contributed by atoms with Crippen molar-refractivity contribution in [3.63, 3.8) is 0 Å². The van der Waals surface area contributed by atoms with Crippen LogP contribution < -0.4 is 5.32 Å². The minimum atomic E-state index is -3.68. The zero-order valence-corrected chi connectivity index (χ0v) is 17.5. The Morgan fingerprint density at radius 1 is 1.10 bits per heavy atom. The van der Waals surface area contributed by atoms with Crippen molar-refractivity contribution in [3.8, 4) is 0 Å². The molecule has 9 heteroatoms. The van der Waals surface area contributed by atoms with E-state index >= 15 is 0 Å². The van der Waals surface area contributed by atoms with Crippen molar-refractivity contribution in [1.82, 2.24) is 4.31 Å². The molecule has 1 aliphatic rings. The van der Waals surface area contributed by atoms with Crippen molar-refractivity contribution in [2.45, 2.75) is 41.7 Å². The Bertz CT molecular complexity index is 991. The third kappa shape index (κ3) is 5.15. The van der Waals surface area contributed by atoms with E-state index in [1.807, 2.05) is 0 Å². The van der Waals surface area contributed by atoms with Gasteiger partial charge in [0.15, 0.2) is 0 Å². The number of alkyl halides is 2. The number of hydrogen-bond acceptors (Lipinski definition) is 4. The summed E-state index contributed by atoms with van der Waals surface area (Å²) in [5.41, 5.74) is 1.05. The average Bonchev–Trinajstić information content (AvgIpc) is 2.70. The molecular weight excluding hydrogens is 418 g/mol. The summed E-state index contributed by atoms with van der Waals surface area (Å²) in [7, 11) is -3.68. The first kappa shape index (κ1) is 21.7. The summed E-state index contributed by atoms with van der Waals surface area (Å²) in [5, 5.41) is 2.63. The van der Waals surface area contributed by atoms with Crippen LogP contribution in [-0.2, 0) is 10.0 Å². The number of hydrogen-bond donors (Lipinski definition) is 1. The quantitative estimate of drug-likeness (QED) is 0.659. The number of halogens is 2. The fourth-order valence-electron chi connectivity index (χ4n) is 3.22. The van der Waals surface area contributed by atoms with Crippen molar-refractivity contribution in [2.24, 2.45) is 0 Å². The first-order valence-corrected chi connectivity index (χ1v) is 11.6. The van der Waals surface area contributed by atoms with Gasteiger partial charge in [-0.2, -0.15) is 13.1 Å². The number of para-hydroxylation sites is 1. The van der Waals surface area contributed by atoms with Gasteiger partial charge in [-0.15, -0.1) is 0 Å². The predicted octanol–water partition coefficient (Wildman–Crippen LogP) is 4.74. The summed E-state index contributed by atoms with van der Waals surface area (Å²) in [6.07, 6.45) is 2.64. The first-order valence-electron chi connectivity index (χ1n) is 9.25. The number of carbonyl (C=O) groups excluding carboxylic acids is 1. The molecule has 0 spiro atoms. The molecule has 5 nitrogen and oxygen atoms in total. The Labute approximate surface area is 173 Å². The molecule has 1 N–H and O–H groups in total. The molecule has 0 unspecified atom stereocenters. The zero-order chi connectivity index (χ0) is 21.0. The molecule has 156 valence electrons. The standard InChI is InChI=1S/C20H22F2N2O3S2/c1-14-9-10-15(29(26,27)24-11-5-2-6-12-24)13-16(14)19(25)23-17-7-3-4-8-18(17)28-20(21)22/h3-4,7-10,13,20H,2,5-6,11-12H2,1H3,(H,23,25). The molecule has 1 saturated heterocycles. The highest BCUT2D eigenvalue weighted by molar-refractivity contribution is 7.99. The van der Waals surface area contributed by atoms with E-state index in [9.17, 15) is 22.0 Å². The fraction of sp³-hybridized carbons (Fsp3) is 0.350. The van der Waals surface area contributed by atoms with Gasteiger partial charge in [0.2, 0.25) is 10.0 Å². The van der Waals surface area contributed by atoms with Crippen LogP contribution in [0.1, 0.15) is 35.2 Å². The smallest absolute Gasteiger partial charge is 0.288 e. The monoisotopic (exact) mass is 440 g/mol. The molecule has 0 aromatic heterocycles. The fourth-order valence-corrected chi connectivity index (χ4v) is 5.36. The highest BCUT2D eigenvalue weighted by Crippen LogP contribution is 2.32. The highest BCUT2D eigenvalue weighted by atomic mass is 32.2. The van der Waals surface area contributed by atoms with Gasteiger partial charge in [-0.3, -0.25) is 4.79 Å². The van der Waals surface area contributed by atoms with Gasteiger partial charge in [-0.05, 0) is 49.6 Å². The SMILES string of the molecule is Cc1ccc(S(=O)(=O)N2CCCCC2)cc1C(=O)Nc1ccccc1SC(F)F. The highest BCUT2D eigenvalue weighted by Gasteiger charge is 2.27. The molecule has 0 saturated carbocycles. The Kier molecular flexibility index (Phi) is 6.92. The lowest BCUT2D eigenvalue weighted by atomic mass is 10.1. The van der Waals surface area contributed by atoms with Crippen LogP contribution in [0.5, 0.6) is 0 Å². The largest absolute Gasteiger partial charge is 0.321 e. The van der Waals surface area contributed by atoms with E-state index in [4.69, 9.17) is 0 Å². The summed E-state index contributed by atoms with van der Waals surface area (Å²) >= 11 is 0.342. The van der Waals surface area contributed by atoms with E-state index in [0.29, 0.717) is 30.4 Å². The van der Waals surface area contributed by atoms with Crippen LogP contribution in [0.15, 0.2) is 52.3 Å². The maximum Gasteiger partial charge on any atom is 0.288 e. The summed E-state index contributed by atoms with van der Waals surface area (Å²) in [5.74, 6) is -3.16. The summed E-state index contributed by atoms with van der Waals surface area (Å²) in [6.45, 7) is 2.64. The Morgan fingerprint density at radius 2 is 1.79 bits per heavy atom. The first-order chi connectivity index (χ1) is 13.8. The average molecular weight is 441 g/mol. The molecule has 0 bridgehead atoms. The molecule has 0 atom stereocenters. The molecule has 1 heterocycles. The number of rotatable bonds is 6. The van der Waals surface area contributed by atoms with Crippen LogP contribution in [0.4, 0.5) is 14.5 Å². The van der Waals surface area contributed by atoms with E-state index in [1.165, 1.54) is 28.6 Å². The van der Waals surface area contributed by atoms with Crippen LogP contribution in [0.25, 0.3) is 0 Å². The number of piperidine rings is 1. The number of aryl methyl sites for hydroxylation is 1.